The Balaban J connectivity index is 0.00000144. The largest absolute Gasteiger partial charge is 0.444 e. The molecule has 2 bridgehead atoms. The quantitative estimate of drug-likeness (QED) is 0.762. The van der Waals surface area contributed by atoms with Gasteiger partial charge in [-0.1, -0.05) is 0 Å². The van der Waals surface area contributed by atoms with Crippen LogP contribution in [0.1, 0.15) is 52.9 Å². The number of nitrogens with two attached hydrogens (primary N) is 1. The van der Waals surface area contributed by atoms with Crippen LogP contribution in [0.3, 0.4) is 0 Å². The minimum atomic E-state index is -0.433. The predicted molar refractivity (Wildman–Crippen MR) is 69.4 cm³/mol. The fourth-order valence-corrected chi connectivity index (χ4v) is 2.94. The van der Waals surface area contributed by atoms with Crippen molar-refractivity contribution in [2.75, 3.05) is 0 Å². The van der Waals surface area contributed by atoms with Crippen molar-refractivity contribution in [3.05, 3.63) is 0 Å². The molecular formula is C12H23ClN2O2. The first-order valence-electron chi connectivity index (χ1n) is 6.02. The van der Waals surface area contributed by atoms with Gasteiger partial charge in [0, 0.05) is 11.1 Å². The summed E-state index contributed by atoms with van der Waals surface area (Å²) in [6.07, 6.45) is 4.61. The third-order valence-corrected chi connectivity index (χ3v) is 3.66. The van der Waals surface area contributed by atoms with Crippen LogP contribution in [0.2, 0.25) is 0 Å². The average molecular weight is 263 g/mol. The summed E-state index contributed by atoms with van der Waals surface area (Å²) in [5, 5.41) is 3.02. The Bertz CT molecular complexity index is 304. The maximum atomic E-state index is 11.7. The van der Waals surface area contributed by atoms with E-state index >= 15 is 0 Å². The SMILES string of the molecule is CC(C)(C)OC(=O)NC12CCC(N)(CC1)C2.Cl. The second-order valence-electron chi connectivity index (χ2n) is 6.45. The molecule has 0 unspecified atom stereocenters. The molecule has 2 aliphatic rings. The van der Waals surface area contributed by atoms with E-state index in [0.717, 1.165) is 32.1 Å². The molecule has 1 amide bonds. The molecule has 2 aliphatic carbocycles. The van der Waals surface area contributed by atoms with Crippen LogP contribution in [0.4, 0.5) is 4.79 Å². The van der Waals surface area contributed by atoms with E-state index in [2.05, 4.69) is 5.32 Å². The number of alkyl carbamates (subject to hydrolysis) is 1. The van der Waals surface area contributed by atoms with Crippen LogP contribution in [-0.2, 0) is 4.74 Å². The lowest BCUT2D eigenvalue weighted by Gasteiger charge is -2.29. The van der Waals surface area contributed by atoms with E-state index < -0.39 is 5.60 Å². The average Bonchev–Trinajstić information content (AvgIpc) is 2.53. The minimum absolute atomic E-state index is 0. The van der Waals surface area contributed by atoms with Gasteiger partial charge in [-0.25, -0.2) is 4.79 Å². The summed E-state index contributed by atoms with van der Waals surface area (Å²) in [7, 11) is 0. The fourth-order valence-electron chi connectivity index (χ4n) is 2.94. The van der Waals surface area contributed by atoms with E-state index in [9.17, 15) is 4.79 Å². The predicted octanol–water partition coefficient (Wildman–Crippen LogP) is 2.35. The molecule has 2 fully saturated rings. The summed E-state index contributed by atoms with van der Waals surface area (Å²) < 4.78 is 5.29. The van der Waals surface area contributed by atoms with E-state index in [1.807, 2.05) is 20.8 Å². The van der Waals surface area contributed by atoms with Crippen molar-refractivity contribution in [1.82, 2.24) is 5.32 Å². The summed E-state index contributed by atoms with van der Waals surface area (Å²) >= 11 is 0. The second-order valence-corrected chi connectivity index (χ2v) is 6.45. The van der Waals surface area contributed by atoms with Gasteiger partial charge in [-0.05, 0) is 52.9 Å². The highest BCUT2D eigenvalue weighted by atomic mass is 35.5. The number of fused-ring (bicyclic) bond motifs is 2. The number of amides is 1. The molecule has 0 saturated heterocycles. The Morgan fingerprint density at radius 3 is 2.12 bits per heavy atom. The van der Waals surface area contributed by atoms with E-state index in [-0.39, 0.29) is 29.6 Å². The van der Waals surface area contributed by atoms with Gasteiger partial charge in [-0.3, -0.25) is 0 Å². The number of hydrogen-bond donors (Lipinski definition) is 2. The molecule has 0 aromatic heterocycles. The Hall–Kier alpha value is -0.480. The van der Waals surface area contributed by atoms with Crippen LogP contribution in [0, 0.1) is 0 Å². The number of halogens is 1. The highest BCUT2D eigenvalue weighted by molar-refractivity contribution is 5.85. The summed E-state index contributed by atoms with van der Waals surface area (Å²) in [5.74, 6) is 0. The lowest BCUT2D eigenvalue weighted by Crippen LogP contribution is -2.47. The molecule has 2 saturated carbocycles. The van der Waals surface area contributed by atoms with Crippen molar-refractivity contribution in [2.45, 2.75) is 69.6 Å². The van der Waals surface area contributed by atoms with Crippen LogP contribution in [-0.4, -0.2) is 22.8 Å². The number of carbonyl (C=O) groups is 1. The minimum Gasteiger partial charge on any atom is -0.444 e. The third kappa shape index (κ3) is 3.26. The monoisotopic (exact) mass is 262 g/mol. The van der Waals surface area contributed by atoms with E-state index in [1.165, 1.54) is 0 Å². The van der Waals surface area contributed by atoms with Crippen LogP contribution in [0.15, 0.2) is 0 Å². The molecule has 5 heteroatoms. The van der Waals surface area contributed by atoms with Crippen molar-refractivity contribution in [2.24, 2.45) is 5.73 Å². The molecule has 3 N–H and O–H groups in total. The molecule has 4 nitrogen and oxygen atoms in total. The van der Waals surface area contributed by atoms with Crippen molar-refractivity contribution >= 4 is 18.5 Å². The highest BCUT2D eigenvalue weighted by Gasteiger charge is 2.53. The molecule has 2 rings (SSSR count). The number of hydrogen-bond acceptors (Lipinski definition) is 3. The number of nitrogens with one attached hydrogen (secondary N) is 1. The van der Waals surface area contributed by atoms with Gasteiger partial charge in [0.15, 0.2) is 0 Å². The van der Waals surface area contributed by atoms with E-state index in [0.29, 0.717) is 0 Å². The molecule has 0 aromatic carbocycles. The van der Waals surface area contributed by atoms with Gasteiger partial charge in [0.25, 0.3) is 0 Å². The van der Waals surface area contributed by atoms with Crippen LogP contribution in [0.5, 0.6) is 0 Å². The summed E-state index contributed by atoms with van der Waals surface area (Å²) in [6.45, 7) is 5.63. The lowest BCUT2D eigenvalue weighted by atomic mass is 9.92. The normalized spacial score (nSPS) is 35.3. The zero-order valence-corrected chi connectivity index (χ0v) is 11.7. The number of ether oxygens (including phenoxy) is 1. The zero-order valence-electron chi connectivity index (χ0n) is 10.8. The Morgan fingerprint density at radius 1 is 1.24 bits per heavy atom. The molecular weight excluding hydrogens is 240 g/mol. The van der Waals surface area contributed by atoms with Crippen molar-refractivity contribution < 1.29 is 9.53 Å². The lowest BCUT2D eigenvalue weighted by molar-refractivity contribution is 0.0458. The summed E-state index contributed by atoms with van der Waals surface area (Å²) in [6, 6.07) is 0. The Labute approximate surface area is 109 Å². The van der Waals surface area contributed by atoms with Crippen molar-refractivity contribution in [3.8, 4) is 0 Å². The molecule has 0 spiro atoms. The van der Waals surface area contributed by atoms with E-state index in [4.69, 9.17) is 10.5 Å². The molecule has 100 valence electrons. The number of rotatable bonds is 1. The fraction of sp³-hybridized carbons (Fsp3) is 0.917. The van der Waals surface area contributed by atoms with Crippen molar-refractivity contribution in [1.29, 1.82) is 0 Å². The topological polar surface area (TPSA) is 64.3 Å². The molecule has 0 atom stereocenters. The Kier molecular flexibility index (Phi) is 3.71. The van der Waals surface area contributed by atoms with Gasteiger partial charge >= 0.3 is 6.09 Å². The highest BCUT2D eigenvalue weighted by Crippen LogP contribution is 2.49. The molecule has 0 heterocycles. The first kappa shape index (κ1) is 14.6. The molecule has 17 heavy (non-hydrogen) atoms. The zero-order chi connectivity index (χ0) is 12.0. The summed E-state index contributed by atoms with van der Waals surface area (Å²) in [4.78, 5) is 11.7. The summed E-state index contributed by atoms with van der Waals surface area (Å²) in [5.41, 5.74) is 5.64. The van der Waals surface area contributed by atoms with Crippen LogP contribution in [0.25, 0.3) is 0 Å². The van der Waals surface area contributed by atoms with Gasteiger partial charge in [0.1, 0.15) is 5.60 Å². The van der Waals surface area contributed by atoms with Gasteiger partial charge in [0.05, 0.1) is 0 Å². The third-order valence-electron chi connectivity index (χ3n) is 3.66. The van der Waals surface area contributed by atoms with E-state index in [1.54, 1.807) is 0 Å². The van der Waals surface area contributed by atoms with Gasteiger partial charge in [-0.2, -0.15) is 0 Å². The second kappa shape index (κ2) is 4.32. The van der Waals surface area contributed by atoms with Crippen LogP contribution < -0.4 is 11.1 Å². The molecule has 0 aromatic rings. The first-order valence-corrected chi connectivity index (χ1v) is 6.02. The molecule has 0 aliphatic heterocycles. The van der Waals surface area contributed by atoms with Gasteiger partial charge in [-0.15, -0.1) is 12.4 Å². The smallest absolute Gasteiger partial charge is 0.408 e. The maximum absolute atomic E-state index is 11.7. The Morgan fingerprint density at radius 2 is 1.76 bits per heavy atom. The molecule has 0 radical (unpaired) electrons. The van der Waals surface area contributed by atoms with Gasteiger partial charge in [0.2, 0.25) is 0 Å². The van der Waals surface area contributed by atoms with Crippen LogP contribution >= 0.6 is 12.4 Å². The first-order chi connectivity index (χ1) is 7.22. The number of carbonyl (C=O) groups excluding carboxylic acids is 1. The van der Waals surface area contributed by atoms with Crippen molar-refractivity contribution in [3.63, 3.8) is 0 Å². The standard InChI is InChI=1S/C12H22N2O2.ClH/c1-10(2,3)16-9(15)14-12-6-4-11(13,8-12)5-7-12;/h4-8,13H2,1-3H3,(H,14,15);1H. The maximum Gasteiger partial charge on any atom is 0.408 e. The van der Waals surface area contributed by atoms with Gasteiger partial charge < -0.3 is 15.8 Å².